The second kappa shape index (κ2) is 3.98. The smallest absolute Gasteiger partial charge is 0.173 e. The first kappa shape index (κ1) is 9.97. The minimum atomic E-state index is 0.760. The van der Waals surface area contributed by atoms with Crippen molar-refractivity contribution in [1.29, 1.82) is 0 Å². The zero-order chi connectivity index (χ0) is 11.7. The minimum Gasteiger partial charge on any atom is -0.450 e. The number of hydrogen-bond acceptors (Lipinski definition) is 2. The van der Waals surface area contributed by atoms with E-state index in [-0.39, 0.29) is 0 Å². The summed E-state index contributed by atoms with van der Waals surface area (Å²) in [5.41, 5.74) is 1.09. The van der Waals surface area contributed by atoms with E-state index in [1.807, 2.05) is 48.5 Å². The van der Waals surface area contributed by atoms with Gasteiger partial charge in [-0.15, -0.1) is 6.58 Å². The van der Waals surface area contributed by atoms with E-state index in [1.165, 1.54) is 0 Å². The lowest BCUT2D eigenvalue weighted by Gasteiger charge is -2.22. The first-order chi connectivity index (χ1) is 8.38. The van der Waals surface area contributed by atoms with Crippen LogP contribution in [-0.2, 0) is 6.42 Å². The van der Waals surface area contributed by atoms with Gasteiger partial charge in [-0.2, -0.15) is 0 Å². The molecule has 0 saturated heterocycles. The molecule has 3 rings (SSSR count). The maximum Gasteiger partial charge on any atom is 0.173 e. The maximum absolute atomic E-state index is 5.89. The predicted octanol–water partition coefficient (Wildman–Crippen LogP) is 4.31. The van der Waals surface area contributed by atoms with Gasteiger partial charge in [0.2, 0.25) is 0 Å². The van der Waals surface area contributed by atoms with Crippen molar-refractivity contribution >= 4 is 0 Å². The summed E-state index contributed by atoms with van der Waals surface area (Å²) in [6.07, 6.45) is 2.63. The molecule has 0 atom stereocenters. The third-order valence-corrected chi connectivity index (χ3v) is 2.71. The van der Waals surface area contributed by atoms with Crippen molar-refractivity contribution in [1.82, 2.24) is 0 Å². The molecular weight excluding hydrogens is 212 g/mol. The van der Waals surface area contributed by atoms with E-state index in [2.05, 4.69) is 6.58 Å². The van der Waals surface area contributed by atoms with Crippen LogP contribution in [0.4, 0.5) is 0 Å². The molecule has 84 valence electrons. The fraction of sp³-hybridized carbons (Fsp3) is 0.0667. The maximum atomic E-state index is 5.89. The van der Waals surface area contributed by atoms with Gasteiger partial charge in [0.05, 0.1) is 0 Å². The quantitative estimate of drug-likeness (QED) is 0.604. The van der Waals surface area contributed by atoms with E-state index < -0.39 is 0 Å². The van der Waals surface area contributed by atoms with Crippen LogP contribution in [0.25, 0.3) is 0 Å². The van der Waals surface area contributed by atoms with Crippen molar-refractivity contribution < 1.29 is 9.47 Å². The fourth-order valence-corrected chi connectivity index (χ4v) is 1.92. The summed E-state index contributed by atoms with van der Waals surface area (Å²) < 4.78 is 11.7. The third kappa shape index (κ3) is 1.68. The van der Waals surface area contributed by atoms with Crippen molar-refractivity contribution in [3.05, 3.63) is 60.7 Å². The van der Waals surface area contributed by atoms with Gasteiger partial charge < -0.3 is 9.47 Å². The van der Waals surface area contributed by atoms with Crippen LogP contribution >= 0.6 is 0 Å². The zero-order valence-corrected chi connectivity index (χ0v) is 9.35. The summed E-state index contributed by atoms with van der Waals surface area (Å²) in [4.78, 5) is 0. The molecule has 2 aromatic carbocycles. The van der Waals surface area contributed by atoms with Gasteiger partial charge in [0, 0.05) is 5.56 Å². The van der Waals surface area contributed by atoms with Gasteiger partial charge in [0.25, 0.3) is 0 Å². The van der Waals surface area contributed by atoms with Crippen LogP contribution in [0.15, 0.2) is 55.1 Å². The van der Waals surface area contributed by atoms with E-state index in [0.29, 0.717) is 0 Å². The molecule has 0 N–H and O–H groups in total. The minimum absolute atomic E-state index is 0.760. The molecule has 2 nitrogen and oxygen atoms in total. The molecule has 2 aromatic rings. The Balaban J connectivity index is 2.08. The normalized spacial score (nSPS) is 11.8. The number of rotatable bonds is 2. The predicted molar refractivity (Wildman–Crippen MR) is 66.9 cm³/mol. The van der Waals surface area contributed by atoms with E-state index in [4.69, 9.17) is 9.47 Å². The first-order valence-electron chi connectivity index (χ1n) is 5.56. The molecule has 0 spiro atoms. The molecule has 0 bridgehead atoms. The summed E-state index contributed by atoms with van der Waals surface area (Å²) >= 11 is 0. The molecule has 2 heteroatoms. The average Bonchev–Trinajstić information content (AvgIpc) is 2.37. The Labute approximate surface area is 100 Å². The van der Waals surface area contributed by atoms with Crippen LogP contribution < -0.4 is 9.47 Å². The lowest BCUT2D eigenvalue weighted by Crippen LogP contribution is -2.01. The molecule has 0 fully saturated rings. The van der Waals surface area contributed by atoms with Crippen molar-refractivity contribution in [2.24, 2.45) is 0 Å². The van der Waals surface area contributed by atoms with Gasteiger partial charge in [-0.3, -0.25) is 0 Å². The van der Waals surface area contributed by atoms with Crippen molar-refractivity contribution in [3.8, 4) is 23.0 Å². The van der Waals surface area contributed by atoms with E-state index in [1.54, 1.807) is 0 Å². The first-order valence-corrected chi connectivity index (χ1v) is 5.56. The highest BCUT2D eigenvalue weighted by atomic mass is 16.6. The summed E-state index contributed by atoms with van der Waals surface area (Å²) in [5.74, 6) is 3.08. The summed E-state index contributed by atoms with van der Waals surface area (Å²) in [6, 6.07) is 13.6. The monoisotopic (exact) mass is 224 g/mol. The van der Waals surface area contributed by atoms with E-state index in [9.17, 15) is 0 Å². The Kier molecular flexibility index (Phi) is 2.33. The molecule has 0 aliphatic carbocycles. The number of benzene rings is 2. The third-order valence-electron chi connectivity index (χ3n) is 2.71. The molecular formula is C15H12O2. The van der Waals surface area contributed by atoms with Crippen molar-refractivity contribution in [2.75, 3.05) is 0 Å². The lowest BCUT2D eigenvalue weighted by atomic mass is 10.1. The Morgan fingerprint density at radius 2 is 1.59 bits per heavy atom. The lowest BCUT2D eigenvalue weighted by molar-refractivity contribution is 0.357. The molecule has 0 radical (unpaired) electrons. The van der Waals surface area contributed by atoms with Crippen LogP contribution in [-0.4, -0.2) is 0 Å². The standard InChI is InChI=1S/C15H12O2/c1-2-6-11-7-5-10-14-15(11)17-13-9-4-3-8-12(13)16-14/h2-5,7-10H,1,6H2. The molecule has 0 amide bonds. The fourth-order valence-electron chi connectivity index (χ4n) is 1.92. The second-order valence-electron chi connectivity index (χ2n) is 3.89. The average molecular weight is 224 g/mol. The van der Waals surface area contributed by atoms with Gasteiger partial charge in [-0.1, -0.05) is 30.3 Å². The summed E-state index contributed by atoms with van der Waals surface area (Å²) in [5, 5.41) is 0. The highest BCUT2D eigenvalue weighted by Gasteiger charge is 2.20. The molecule has 0 saturated carbocycles. The van der Waals surface area contributed by atoms with Crippen LogP contribution in [0, 0.1) is 0 Å². The Hall–Kier alpha value is -2.22. The zero-order valence-electron chi connectivity index (χ0n) is 9.35. The van der Waals surface area contributed by atoms with Crippen LogP contribution in [0.1, 0.15) is 5.56 Å². The number of hydrogen-bond donors (Lipinski definition) is 0. The van der Waals surface area contributed by atoms with Crippen molar-refractivity contribution in [3.63, 3.8) is 0 Å². The highest BCUT2D eigenvalue weighted by Crippen LogP contribution is 2.46. The van der Waals surface area contributed by atoms with Crippen LogP contribution in [0.2, 0.25) is 0 Å². The molecule has 0 aromatic heterocycles. The van der Waals surface area contributed by atoms with Gasteiger partial charge in [-0.05, 0) is 24.6 Å². The highest BCUT2D eigenvalue weighted by molar-refractivity contribution is 5.57. The Morgan fingerprint density at radius 3 is 2.35 bits per heavy atom. The van der Waals surface area contributed by atoms with Crippen LogP contribution in [0.3, 0.4) is 0 Å². The summed E-state index contributed by atoms with van der Waals surface area (Å²) in [6.45, 7) is 3.75. The van der Waals surface area contributed by atoms with E-state index >= 15 is 0 Å². The Bertz CT molecular complexity index is 573. The van der Waals surface area contributed by atoms with Gasteiger partial charge >= 0.3 is 0 Å². The van der Waals surface area contributed by atoms with E-state index in [0.717, 1.165) is 35.0 Å². The van der Waals surface area contributed by atoms with Crippen molar-refractivity contribution in [2.45, 2.75) is 6.42 Å². The molecule has 17 heavy (non-hydrogen) atoms. The Morgan fingerprint density at radius 1 is 0.882 bits per heavy atom. The van der Waals surface area contributed by atoms with Gasteiger partial charge in [0.15, 0.2) is 23.0 Å². The summed E-state index contributed by atoms with van der Waals surface area (Å²) in [7, 11) is 0. The SMILES string of the molecule is C=CCc1cccc2c1Oc1ccccc1O2. The van der Waals surface area contributed by atoms with Gasteiger partial charge in [-0.25, -0.2) is 0 Å². The molecule has 1 heterocycles. The largest absolute Gasteiger partial charge is 0.450 e. The second-order valence-corrected chi connectivity index (χ2v) is 3.89. The number of fused-ring (bicyclic) bond motifs is 2. The number of para-hydroxylation sites is 3. The molecule has 1 aliphatic heterocycles. The number of allylic oxidation sites excluding steroid dienone is 1. The molecule has 1 aliphatic rings. The topological polar surface area (TPSA) is 18.5 Å². The van der Waals surface area contributed by atoms with Gasteiger partial charge in [0.1, 0.15) is 0 Å². The number of ether oxygens (including phenoxy) is 2. The molecule has 0 unspecified atom stereocenters. The van der Waals surface area contributed by atoms with Crippen LogP contribution in [0.5, 0.6) is 23.0 Å².